The van der Waals surface area contributed by atoms with Crippen molar-refractivity contribution in [2.45, 2.75) is 19.4 Å². The van der Waals surface area contributed by atoms with Crippen LogP contribution in [-0.4, -0.2) is 34.2 Å². The van der Waals surface area contributed by atoms with Crippen LogP contribution in [0.5, 0.6) is 0 Å². The highest BCUT2D eigenvalue weighted by molar-refractivity contribution is 8.70. The van der Waals surface area contributed by atoms with Gasteiger partial charge in [-0.15, -0.1) is 11.8 Å². The number of anilines is 1. The predicted molar refractivity (Wildman–Crippen MR) is 86.8 cm³/mol. The molecular formula is C10H15N4PS3. The molecule has 1 aromatic heterocycles. The molecule has 8 heteroatoms. The molecule has 0 saturated heterocycles. The molecule has 2 aliphatic rings. The molecule has 3 heterocycles. The van der Waals surface area contributed by atoms with Crippen LogP contribution in [0, 0.1) is 0 Å². The largest absolute Gasteiger partial charge is 0.324 e. The molecule has 1 aromatic rings. The Morgan fingerprint density at radius 3 is 2.83 bits per heavy atom. The van der Waals surface area contributed by atoms with Crippen molar-refractivity contribution in [1.82, 2.24) is 9.55 Å². The molecule has 18 heavy (non-hydrogen) atoms. The minimum absolute atomic E-state index is 1.04. The van der Waals surface area contributed by atoms with Gasteiger partial charge < -0.3 is 9.24 Å². The Morgan fingerprint density at radius 2 is 2.17 bits per heavy atom. The summed E-state index contributed by atoms with van der Waals surface area (Å²) in [7, 11) is 2.04. The van der Waals surface area contributed by atoms with Gasteiger partial charge in [-0.1, -0.05) is 11.4 Å². The summed E-state index contributed by atoms with van der Waals surface area (Å²) in [6.45, 7) is 1.06. The maximum absolute atomic E-state index is 5.75. The fourth-order valence-electron chi connectivity index (χ4n) is 2.40. The van der Waals surface area contributed by atoms with E-state index in [0.717, 1.165) is 23.8 Å². The van der Waals surface area contributed by atoms with Gasteiger partial charge in [0.25, 0.3) is 0 Å². The predicted octanol–water partition coefficient (Wildman–Crippen LogP) is 2.98. The van der Waals surface area contributed by atoms with E-state index in [1.165, 1.54) is 17.9 Å². The van der Waals surface area contributed by atoms with Crippen LogP contribution < -0.4 is 4.67 Å². The molecule has 98 valence electrons. The van der Waals surface area contributed by atoms with Crippen LogP contribution in [-0.2, 0) is 24.8 Å². The third kappa shape index (κ3) is 1.71. The summed E-state index contributed by atoms with van der Waals surface area (Å²) in [6, 6.07) is 0. The molecule has 0 radical (unpaired) electrons. The highest BCUT2D eigenvalue weighted by atomic mass is 32.9. The lowest BCUT2D eigenvalue weighted by Gasteiger charge is -2.32. The number of fused-ring (bicyclic) bond motifs is 3. The van der Waals surface area contributed by atoms with Gasteiger partial charge in [-0.05, 0) is 30.7 Å². The second-order valence-electron chi connectivity index (χ2n) is 4.26. The van der Waals surface area contributed by atoms with Crippen LogP contribution in [0.4, 0.5) is 5.82 Å². The Kier molecular flexibility index (Phi) is 3.29. The molecule has 0 N–H and O–H groups in total. The van der Waals surface area contributed by atoms with Crippen molar-refractivity contribution < 1.29 is 0 Å². The van der Waals surface area contributed by atoms with Crippen LogP contribution in [0.15, 0.2) is 4.76 Å². The smallest absolute Gasteiger partial charge is 0.200 e. The minimum Gasteiger partial charge on any atom is -0.324 e. The molecule has 4 nitrogen and oxygen atoms in total. The van der Waals surface area contributed by atoms with Crippen LogP contribution in [0.3, 0.4) is 0 Å². The number of aryl methyl sites for hydroxylation is 1. The van der Waals surface area contributed by atoms with Crippen molar-refractivity contribution in [3.05, 3.63) is 11.5 Å². The molecule has 0 saturated carbocycles. The summed E-state index contributed by atoms with van der Waals surface area (Å²) in [5.74, 6) is 2.24. The zero-order valence-electron chi connectivity index (χ0n) is 10.6. The van der Waals surface area contributed by atoms with E-state index in [2.05, 4.69) is 15.5 Å². The van der Waals surface area contributed by atoms with Crippen molar-refractivity contribution in [3.63, 3.8) is 0 Å². The first-order valence-electron chi connectivity index (χ1n) is 5.74. The quantitative estimate of drug-likeness (QED) is 0.744. The molecule has 0 spiro atoms. The second kappa shape index (κ2) is 4.54. The Hall–Kier alpha value is 0.0300. The average molecular weight is 318 g/mol. The van der Waals surface area contributed by atoms with Crippen LogP contribution in [0.1, 0.15) is 17.9 Å². The highest BCUT2D eigenvalue weighted by Crippen LogP contribution is 2.65. The monoisotopic (exact) mass is 318 g/mol. The lowest BCUT2D eigenvalue weighted by atomic mass is 10.3. The molecule has 1 unspecified atom stereocenters. The zero-order valence-corrected chi connectivity index (χ0v) is 13.9. The van der Waals surface area contributed by atoms with Gasteiger partial charge in [0.2, 0.25) is 0 Å². The molecule has 0 aromatic carbocycles. The number of nitrogens with zero attached hydrogens (tertiary/aromatic N) is 4. The summed E-state index contributed by atoms with van der Waals surface area (Å²) in [5, 5.41) is 1.07. The van der Waals surface area contributed by atoms with Gasteiger partial charge in [-0.25, -0.2) is 9.75 Å². The molecular weight excluding hydrogens is 303 g/mol. The van der Waals surface area contributed by atoms with Gasteiger partial charge in [0.15, 0.2) is 11.4 Å². The van der Waals surface area contributed by atoms with E-state index in [0.29, 0.717) is 0 Å². The number of thioether (sulfide) groups is 1. The molecule has 0 fully saturated rings. The first-order chi connectivity index (χ1) is 8.60. The second-order valence-corrected chi connectivity index (χ2v) is 12.0. The van der Waals surface area contributed by atoms with Gasteiger partial charge in [0.05, 0.1) is 0 Å². The number of rotatable bonds is 1. The van der Waals surface area contributed by atoms with E-state index in [1.807, 2.05) is 13.3 Å². The van der Waals surface area contributed by atoms with E-state index in [9.17, 15) is 0 Å². The lowest BCUT2D eigenvalue weighted by molar-refractivity contribution is 0.745. The van der Waals surface area contributed by atoms with Crippen molar-refractivity contribution in [1.29, 1.82) is 0 Å². The van der Waals surface area contributed by atoms with E-state index < -0.39 is 5.54 Å². The number of imidazole rings is 1. The molecule has 0 amide bonds. The van der Waals surface area contributed by atoms with Crippen LogP contribution in [0.2, 0.25) is 0 Å². The van der Waals surface area contributed by atoms with Crippen LogP contribution >= 0.6 is 28.7 Å². The average Bonchev–Trinajstić information content (AvgIpc) is 2.94. The van der Waals surface area contributed by atoms with E-state index in [1.54, 1.807) is 23.1 Å². The van der Waals surface area contributed by atoms with Gasteiger partial charge in [0, 0.05) is 20.0 Å². The van der Waals surface area contributed by atoms with Gasteiger partial charge >= 0.3 is 0 Å². The normalized spacial score (nSPS) is 25.9. The van der Waals surface area contributed by atoms with Crippen molar-refractivity contribution in [2.24, 2.45) is 4.76 Å². The maximum atomic E-state index is 5.75. The van der Waals surface area contributed by atoms with Gasteiger partial charge in [-0.3, -0.25) is 0 Å². The molecule has 2 aliphatic heterocycles. The van der Waals surface area contributed by atoms with E-state index in [4.69, 9.17) is 21.6 Å². The van der Waals surface area contributed by atoms with E-state index >= 15 is 0 Å². The Bertz CT molecular complexity index is 580. The summed E-state index contributed by atoms with van der Waals surface area (Å²) >= 11 is 9.12. The molecule has 0 aliphatic carbocycles. The fourth-order valence-corrected chi connectivity index (χ4v) is 6.88. The first kappa shape index (κ1) is 13.0. The molecule has 1 atom stereocenters. The van der Waals surface area contributed by atoms with E-state index in [-0.39, 0.29) is 0 Å². The Labute approximate surface area is 120 Å². The van der Waals surface area contributed by atoms with Crippen molar-refractivity contribution in [2.75, 3.05) is 24.2 Å². The minimum atomic E-state index is -1.91. The fraction of sp³-hybridized carbons (Fsp3) is 0.600. The third-order valence-electron chi connectivity index (χ3n) is 3.35. The Morgan fingerprint density at radius 1 is 1.39 bits per heavy atom. The molecule has 0 bridgehead atoms. The number of hydrogen-bond acceptors (Lipinski definition) is 4. The summed E-state index contributed by atoms with van der Waals surface area (Å²) < 4.78 is 9.31. The summed E-state index contributed by atoms with van der Waals surface area (Å²) in [4.78, 5) is 4.80. The van der Waals surface area contributed by atoms with Crippen LogP contribution in [0.25, 0.3) is 0 Å². The summed E-state index contributed by atoms with van der Waals surface area (Å²) in [5.41, 5.74) is -0.722. The topological polar surface area (TPSA) is 33.4 Å². The summed E-state index contributed by atoms with van der Waals surface area (Å²) in [6.07, 6.45) is 6.39. The third-order valence-corrected chi connectivity index (χ3v) is 10.8. The SMILES string of the molecule is CSC1=NP(=S)(SC)N(C)c2nc3n(c21)CCC3. The zero-order chi connectivity index (χ0) is 12.9. The number of aromatic nitrogens is 2. The van der Waals surface area contributed by atoms with Crippen molar-refractivity contribution in [3.8, 4) is 0 Å². The number of hydrogen-bond donors (Lipinski definition) is 0. The standard InChI is InChI=1S/C10H15N4PS3/c1-13-9-8(14-6-4-5-7(14)11-9)10(17-2)12-15(13,16)18-3/h4-6H2,1-3H3. The van der Waals surface area contributed by atoms with Gasteiger partial charge in [-0.2, -0.15) is 0 Å². The molecule has 3 rings (SSSR count). The maximum Gasteiger partial charge on any atom is 0.200 e. The Balaban J connectivity index is 2.23. The first-order valence-corrected chi connectivity index (χ1v) is 11.5. The van der Waals surface area contributed by atoms with Crippen molar-refractivity contribution >= 4 is 51.4 Å². The lowest BCUT2D eigenvalue weighted by Crippen LogP contribution is -2.20. The highest BCUT2D eigenvalue weighted by Gasteiger charge is 2.36. The van der Waals surface area contributed by atoms with Gasteiger partial charge in [0.1, 0.15) is 16.6 Å².